The highest BCUT2D eigenvalue weighted by Crippen LogP contribution is 2.48. The predicted octanol–water partition coefficient (Wildman–Crippen LogP) is 2.39. The van der Waals surface area contributed by atoms with Gasteiger partial charge in [-0.15, -0.1) is 0 Å². The number of nitrogens with zero attached hydrogens (tertiary/aromatic N) is 1. The summed E-state index contributed by atoms with van der Waals surface area (Å²) in [5, 5.41) is 9.24. The summed E-state index contributed by atoms with van der Waals surface area (Å²) in [7, 11) is 1.74. The first kappa shape index (κ1) is 15.1. The average Bonchev–Trinajstić information content (AvgIpc) is 2.94. The fourth-order valence-corrected chi connectivity index (χ4v) is 3.39. The van der Waals surface area contributed by atoms with Crippen LogP contribution in [-0.2, 0) is 4.74 Å². The molecule has 2 aliphatic rings. The second-order valence-corrected chi connectivity index (χ2v) is 6.56. The maximum Gasteiger partial charge on any atom is 0.393 e. The van der Waals surface area contributed by atoms with Crippen molar-refractivity contribution in [2.75, 3.05) is 7.05 Å². The molecule has 112 valence electrons. The van der Waals surface area contributed by atoms with Crippen LogP contribution >= 0.6 is 0 Å². The standard InChI is InChI=1S/C13H22F3NO2/c1-7-8(13(14,15)16)6-12(2,3)10(17(7)4)5-9-11(18)19-9/h7-11,18H,5-6H2,1-4H3. The van der Waals surface area contributed by atoms with Crippen LogP contribution in [0.15, 0.2) is 0 Å². The van der Waals surface area contributed by atoms with Crippen molar-refractivity contribution in [1.82, 2.24) is 4.90 Å². The Bertz CT molecular complexity index is 345. The molecule has 0 radical (unpaired) electrons. The molecule has 5 unspecified atom stereocenters. The molecular weight excluding hydrogens is 259 g/mol. The van der Waals surface area contributed by atoms with E-state index in [0.717, 1.165) is 0 Å². The van der Waals surface area contributed by atoms with Gasteiger partial charge in [0, 0.05) is 12.1 Å². The van der Waals surface area contributed by atoms with E-state index in [9.17, 15) is 18.3 Å². The number of hydrogen-bond donors (Lipinski definition) is 1. The number of halogens is 3. The number of piperidine rings is 1. The molecule has 2 fully saturated rings. The van der Waals surface area contributed by atoms with E-state index < -0.39 is 29.8 Å². The van der Waals surface area contributed by atoms with Gasteiger partial charge in [0.2, 0.25) is 0 Å². The van der Waals surface area contributed by atoms with Crippen LogP contribution in [0.2, 0.25) is 0 Å². The van der Waals surface area contributed by atoms with Crippen molar-refractivity contribution in [1.29, 1.82) is 0 Å². The molecule has 0 aromatic carbocycles. The molecule has 2 aliphatic heterocycles. The summed E-state index contributed by atoms with van der Waals surface area (Å²) >= 11 is 0. The van der Waals surface area contributed by atoms with Crippen molar-refractivity contribution in [3.63, 3.8) is 0 Å². The normalized spacial score (nSPS) is 43.3. The first-order chi connectivity index (χ1) is 8.54. The molecule has 19 heavy (non-hydrogen) atoms. The number of rotatable bonds is 2. The van der Waals surface area contributed by atoms with E-state index in [2.05, 4.69) is 0 Å². The van der Waals surface area contributed by atoms with E-state index in [1.54, 1.807) is 18.9 Å². The summed E-state index contributed by atoms with van der Waals surface area (Å²) in [4.78, 5) is 1.80. The number of epoxide rings is 1. The van der Waals surface area contributed by atoms with Crippen molar-refractivity contribution in [2.24, 2.45) is 11.3 Å². The summed E-state index contributed by atoms with van der Waals surface area (Å²) in [6.45, 7) is 5.37. The van der Waals surface area contributed by atoms with Crippen LogP contribution in [0.25, 0.3) is 0 Å². The lowest BCUT2D eigenvalue weighted by atomic mass is 9.68. The number of ether oxygens (including phenoxy) is 1. The second kappa shape index (κ2) is 4.60. The highest BCUT2D eigenvalue weighted by molar-refractivity contribution is 5.00. The number of likely N-dealkylation sites (tertiary alicyclic amines) is 1. The molecule has 6 heteroatoms. The number of aliphatic hydroxyl groups excluding tert-OH is 1. The quantitative estimate of drug-likeness (QED) is 0.790. The number of hydrogen-bond acceptors (Lipinski definition) is 3. The minimum atomic E-state index is -4.16. The van der Waals surface area contributed by atoms with Crippen LogP contribution in [0.4, 0.5) is 13.2 Å². The van der Waals surface area contributed by atoms with Crippen LogP contribution in [0, 0.1) is 11.3 Å². The van der Waals surface area contributed by atoms with Gasteiger partial charge in [-0.05, 0) is 32.2 Å². The minimum Gasteiger partial charge on any atom is -0.366 e. The Morgan fingerprint density at radius 3 is 2.32 bits per heavy atom. The number of alkyl halides is 3. The van der Waals surface area contributed by atoms with Crippen molar-refractivity contribution in [2.45, 2.75) is 64.3 Å². The van der Waals surface area contributed by atoms with E-state index in [0.29, 0.717) is 6.42 Å². The van der Waals surface area contributed by atoms with E-state index >= 15 is 0 Å². The Morgan fingerprint density at radius 1 is 1.37 bits per heavy atom. The first-order valence-corrected chi connectivity index (χ1v) is 6.66. The van der Waals surface area contributed by atoms with Gasteiger partial charge in [-0.25, -0.2) is 0 Å². The van der Waals surface area contributed by atoms with E-state index in [-0.39, 0.29) is 18.6 Å². The van der Waals surface area contributed by atoms with Gasteiger partial charge in [0.25, 0.3) is 0 Å². The largest absolute Gasteiger partial charge is 0.393 e. The minimum absolute atomic E-state index is 0.0109. The Hall–Kier alpha value is -0.330. The SMILES string of the molecule is CC1C(C(F)(F)F)CC(C)(C)C(CC2OC2O)N1C. The van der Waals surface area contributed by atoms with Crippen LogP contribution in [0.1, 0.15) is 33.6 Å². The molecule has 2 heterocycles. The predicted molar refractivity (Wildman–Crippen MR) is 64.5 cm³/mol. The van der Waals surface area contributed by atoms with Gasteiger partial charge in [0.15, 0.2) is 6.29 Å². The molecule has 0 saturated carbocycles. The van der Waals surface area contributed by atoms with Gasteiger partial charge in [-0.2, -0.15) is 13.2 Å². The van der Waals surface area contributed by atoms with Gasteiger partial charge in [-0.1, -0.05) is 13.8 Å². The Kier molecular flexibility index (Phi) is 3.65. The number of aliphatic hydroxyl groups is 1. The zero-order valence-electron chi connectivity index (χ0n) is 11.7. The molecule has 0 aliphatic carbocycles. The summed E-state index contributed by atoms with van der Waals surface area (Å²) in [5.74, 6) is -1.30. The maximum atomic E-state index is 13.1. The average molecular weight is 281 g/mol. The Labute approximate surface area is 111 Å². The lowest BCUT2D eigenvalue weighted by Crippen LogP contribution is -2.59. The molecule has 2 saturated heterocycles. The van der Waals surface area contributed by atoms with Gasteiger partial charge >= 0.3 is 6.18 Å². The Balaban J connectivity index is 2.14. The van der Waals surface area contributed by atoms with Crippen molar-refractivity contribution >= 4 is 0 Å². The van der Waals surface area contributed by atoms with Crippen LogP contribution in [0.5, 0.6) is 0 Å². The lowest BCUT2D eigenvalue weighted by Gasteiger charge is -2.52. The van der Waals surface area contributed by atoms with Crippen molar-refractivity contribution in [3.05, 3.63) is 0 Å². The van der Waals surface area contributed by atoms with Gasteiger partial charge < -0.3 is 9.84 Å². The summed E-state index contributed by atoms with van der Waals surface area (Å²) < 4.78 is 44.2. The smallest absolute Gasteiger partial charge is 0.366 e. The molecule has 0 spiro atoms. The molecule has 1 N–H and O–H groups in total. The van der Waals surface area contributed by atoms with Crippen molar-refractivity contribution in [3.8, 4) is 0 Å². The molecule has 3 nitrogen and oxygen atoms in total. The summed E-state index contributed by atoms with van der Waals surface area (Å²) in [6, 6.07) is -0.558. The Morgan fingerprint density at radius 2 is 1.89 bits per heavy atom. The van der Waals surface area contributed by atoms with Gasteiger partial charge in [0.05, 0.1) is 5.92 Å². The first-order valence-electron chi connectivity index (χ1n) is 6.66. The third-order valence-corrected chi connectivity index (χ3v) is 4.80. The highest BCUT2D eigenvalue weighted by Gasteiger charge is 2.55. The fraction of sp³-hybridized carbons (Fsp3) is 1.00. The molecule has 2 rings (SSSR count). The maximum absolute atomic E-state index is 13.1. The zero-order chi connectivity index (χ0) is 14.6. The van der Waals surface area contributed by atoms with E-state index in [1.807, 2.05) is 13.8 Å². The third kappa shape index (κ3) is 2.90. The highest BCUT2D eigenvalue weighted by atomic mass is 19.4. The molecule has 5 atom stereocenters. The van der Waals surface area contributed by atoms with Crippen molar-refractivity contribution < 1.29 is 23.0 Å². The van der Waals surface area contributed by atoms with Gasteiger partial charge in [-0.3, -0.25) is 4.90 Å². The molecule has 0 aromatic rings. The third-order valence-electron chi connectivity index (χ3n) is 4.80. The fourth-order valence-electron chi connectivity index (χ4n) is 3.39. The topological polar surface area (TPSA) is 36.0 Å². The van der Waals surface area contributed by atoms with E-state index in [4.69, 9.17) is 4.74 Å². The van der Waals surface area contributed by atoms with Crippen LogP contribution < -0.4 is 0 Å². The molecular formula is C13H22F3NO2. The molecule has 0 bridgehead atoms. The van der Waals surface area contributed by atoms with Gasteiger partial charge in [0.1, 0.15) is 6.10 Å². The monoisotopic (exact) mass is 281 g/mol. The molecule has 0 aromatic heterocycles. The second-order valence-electron chi connectivity index (χ2n) is 6.56. The summed E-state index contributed by atoms with van der Waals surface area (Å²) in [6.07, 6.45) is -4.41. The zero-order valence-corrected chi connectivity index (χ0v) is 11.7. The van der Waals surface area contributed by atoms with E-state index in [1.165, 1.54) is 0 Å². The molecule has 0 amide bonds. The van der Waals surface area contributed by atoms with Crippen LogP contribution in [-0.4, -0.2) is 47.7 Å². The lowest BCUT2D eigenvalue weighted by molar-refractivity contribution is -0.218. The summed E-state index contributed by atoms with van der Waals surface area (Å²) in [5.41, 5.74) is -0.451. The van der Waals surface area contributed by atoms with Crippen LogP contribution in [0.3, 0.4) is 0 Å².